The molecule has 0 spiro atoms. The normalized spacial score (nSPS) is 17.1. The Morgan fingerprint density at radius 2 is 2.38 bits per heavy atom. The van der Waals surface area contributed by atoms with Crippen molar-refractivity contribution >= 4 is 4.29 Å². The third kappa shape index (κ3) is 2.67. The third-order valence-corrected chi connectivity index (χ3v) is 4.24. The molecule has 0 saturated carbocycles. The van der Waals surface area contributed by atoms with Gasteiger partial charge in [0.1, 0.15) is 0 Å². The van der Waals surface area contributed by atoms with E-state index >= 15 is 0 Å². The molecular formula is C11H13NRu. The average molecular weight is 260 g/mol. The van der Waals surface area contributed by atoms with Crippen molar-refractivity contribution in [2.45, 2.75) is 19.3 Å². The van der Waals surface area contributed by atoms with Crippen molar-refractivity contribution in [3.63, 3.8) is 0 Å². The van der Waals surface area contributed by atoms with Crippen LogP contribution in [0.15, 0.2) is 40.7 Å². The van der Waals surface area contributed by atoms with Crippen LogP contribution in [0.4, 0.5) is 0 Å². The molecule has 70 valence electrons. The number of nitrogens with one attached hydrogen (secondary N) is 1. The summed E-state index contributed by atoms with van der Waals surface area (Å²) in [6.07, 6.45) is 12.6. The van der Waals surface area contributed by atoms with Gasteiger partial charge in [-0.3, -0.25) is 0 Å². The van der Waals surface area contributed by atoms with E-state index in [9.17, 15) is 0 Å². The van der Waals surface area contributed by atoms with Crippen LogP contribution in [0.2, 0.25) is 0 Å². The molecule has 1 aliphatic carbocycles. The fourth-order valence-electron chi connectivity index (χ4n) is 1.29. The summed E-state index contributed by atoms with van der Waals surface area (Å²) in [7, 11) is 0. The van der Waals surface area contributed by atoms with E-state index in [4.69, 9.17) is 0 Å². The van der Waals surface area contributed by atoms with Crippen molar-refractivity contribution < 1.29 is 17.1 Å². The first-order valence-corrected chi connectivity index (χ1v) is 6.30. The van der Waals surface area contributed by atoms with E-state index in [0.717, 1.165) is 0 Å². The first-order valence-electron chi connectivity index (χ1n) is 4.56. The van der Waals surface area contributed by atoms with Gasteiger partial charge in [0.25, 0.3) is 0 Å². The van der Waals surface area contributed by atoms with Crippen LogP contribution in [-0.2, 0) is 17.1 Å². The summed E-state index contributed by atoms with van der Waals surface area (Å²) in [5.74, 6) is 0. The van der Waals surface area contributed by atoms with Gasteiger partial charge in [-0.15, -0.1) is 0 Å². The quantitative estimate of drug-likeness (QED) is 0.786. The Balaban J connectivity index is 2.01. The third-order valence-electron chi connectivity index (χ3n) is 1.95. The van der Waals surface area contributed by atoms with Gasteiger partial charge in [0.05, 0.1) is 0 Å². The Hall–Kier alpha value is -0.617. The number of allylic oxidation sites excluding steroid dienone is 4. The molecule has 0 atom stereocenters. The molecule has 0 unspecified atom stereocenters. The molecule has 1 aliphatic rings. The molecule has 0 aliphatic heterocycles. The molecule has 1 heterocycles. The van der Waals surface area contributed by atoms with E-state index < -0.39 is 0 Å². The van der Waals surface area contributed by atoms with Gasteiger partial charge < -0.3 is 0 Å². The molecule has 13 heavy (non-hydrogen) atoms. The molecule has 2 heteroatoms. The van der Waals surface area contributed by atoms with Gasteiger partial charge >= 0.3 is 86.4 Å². The standard InChI is InChI=1S/C7H9.C4H4N.Ru/c1-2-4-6-7-5-3-1;1-2-4-5-3-1;/h1-3H,4,6-7H2;1-3,5H;. The molecule has 0 aromatic carbocycles. The second kappa shape index (κ2) is 4.57. The fraction of sp³-hybridized carbons (Fsp3) is 0.273. The van der Waals surface area contributed by atoms with Crippen molar-refractivity contribution in [2.75, 3.05) is 0 Å². The first kappa shape index (κ1) is 8.96. The molecule has 0 bridgehead atoms. The van der Waals surface area contributed by atoms with Crippen molar-refractivity contribution in [2.24, 2.45) is 0 Å². The summed E-state index contributed by atoms with van der Waals surface area (Å²) >= 11 is 0.262. The summed E-state index contributed by atoms with van der Waals surface area (Å²) in [4.78, 5) is 3.28. The van der Waals surface area contributed by atoms with E-state index in [1.165, 1.54) is 23.6 Å². The van der Waals surface area contributed by atoms with Crippen LogP contribution in [0.25, 0.3) is 0 Å². The van der Waals surface area contributed by atoms with E-state index in [1.54, 1.807) is 4.17 Å². The Kier molecular flexibility index (Phi) is 3.15. The Morgan fingerprint density at radius 3 is 3.23 bits per heavy atom. The maximum atomic E-state index is 3.28. The SMILES string of the molecule is C1=CCCC[C]([Ru][c]2ccc[nH]2)=C1. The van der Waals surface area contributed by atoms with Crippen LogP contribution in [0.3, 0.4) is 0 Å². The summed E-state index contributed by atoms with van der Waals surface area (Å²) in [6.45, 7) is 0. The number of H-pyrrole nitrogens is 1. The molecule has 0 fully saturated rings. The van der Waals surface area contributed by atoms with Crippen molar-refractivity contribution in [3.05, 3.63) is 40.7 Å². The van der Waals surface area contributed by atoms with Crippen LogP contribution < -0.4 is 4.29 Å². The Morgan fingerprint density at radius 1 is 1.38 bits per heavy atom. The van der Waals surface area contributed by atoms with Crippen molar-refractivity contribution in [1.29, 1.82) is 0 Å². The van der Waals surface area contributed by atoms with Gasteiger partial charge in [0.2, 0.25) is 0 Å². The zero-order valence-corrected chi connectivity index (χ0v) is 9.18. The predicted molar refractivity (Wildman–Crippen MR) is 51.5 cm³/mol. The number of aromatic nitrogens is 1. The van der Waals surface area contributed by atoms with Crippen molar-refractivity contribution in [1.82, 2.24) is 4.98 Å². The van der Waals surface area contributed by atoms with Gasteiger partial charge in [-0.25, -0.2) is 0 Å². The van der Waals surface area contributed by atoms with Crippen LogP contribution in [0.1, 0.15) is 19.3 Å². The minimum absolute atomic E-state index is 0.262. The monoisotopic (exact) mass is 261 g/mol. The molecule has 1 aromatic rings. The molecule has 1 aromatic heterocycles. The van der Waals surface area contributed by atoms with Gasteiger partial charge in [-0.1, -0.05) is 0 Å². The summed E-state index contributed by atoms with van der Waals surface area (Å²) in [5.41, 5.74) is 0. The van der Waals surface area contributed by atoms with Crippen LogP contribution in [-0.4, -0.2) is 4.98 Å². The topological polar surface area (TPSA) is 15.8 Å². The molecule has 0 saturated heterocycles. The molecule has 0 amide bonds. The van der Waals surface area contributed by atoms with Gasteiger partial charge in [-0.05, 0) is 0 Å². The number of hydrogen-bond acceptors (Lipinski definition) is 0. The van der Waals surface area contributed by atoms with Crippen LogP contribution in [0, 0.1) is 0 Å². The van der Waals surface area contributed by atoms with Gasteiger partial charge in [0, 0.05) is 0 Å². The molecule has 1 N–H and O–H groups in total. The van der Waals surface area contributed by atoms with Crippen molar-refractivity contribution in [3.8, 4) is 0 Å². The molecule has 0 radical (unpaired) electrons. The van der Waals surface area contributed by atoms with Crippen LogP contribution >= 0.6 is 0 Å². The van der Waals surface area contributed by atoms with Gasteiger partial charge in [-0.2, -0.15) is 0 Å². The number of aromatic amines is 1. The maximum absolute atomic E-state index is 3.28. The van der Waals surface area contributed by atoms with Crippen LogP contribution in [0.5, 0.6) is 0 Å². The summed E-state index contributed by atoms with van der Waals surface area (Å²) in [5, 5.41) is 0. The molecule has 1 nitrogen and oxygen atoms in total. The van der Waals surface area contributed by atoms with E-state index in [-0.39, 0.29) is 17.1 Å². The predicted octanol–water partition coefficient (Wildman–Crippen LogP) is 2.35. The zero-order chi connectivity index (χ0) is 8.93. The zero-order valence-electron chi connectivity index (χ0n) is 7.44. The first-order chi connectivity index (χ1) is 6.45. The summed E-state index contributed by atoms with van der Waals surface area (Å²) in [6, 6.07) is 4.27. The van der Waals surface area contributed by atoms with E-state index in [2.05, 4.69) is 35.3 Å². The second-order valence-electron chi connectivity index (χ2n) is 3.01. The van der Waals surface area contributed by atoms with E-state index in [1.807, 2.05) is 6.20 Å². The average Bonchev–Trinajstić information content (AvgIpc) is 2.49. The molecule has 2 rings (SSSR count). The van der Waals surface area contributed by atoms with Gasteiger partial charge in [0.15, 0.2) is 0 Å². The summed E-state index contributed by atoms with van der Waals surface area (Å²) < 4.78 is 3.04. The molecular weight excluding hydrogens is 247 g/mol. The van der Waals surface area contributed by atoms with E-state index in [0.29, 0.717) is 0 Å². The fourth-order valence-corrected chi connectivity index (χ4v) is 3.31. The number of hydrogen-bond donors (Lipinski definition) is 1. The number of rotatable bonds is 2. The second-order valence-corrected chi connectivity index (χ2v) is 5.50. The Bertz CT molecular complexity index is 309. The minimum atomic E-state index is 0.262. The Labute approximate surface area is 86.5 Å².